The Morgan fingerprint density at radius 1 is 1.40 bits per heavy atom. The van der Waals surface area contributed by atoms with Gasteiger partial charge < -0.3 is 5.73 Å². The van der Waals surface area contributed by atoms with Gasteiger partial charge in [0.2, 0.25) is 0 Å². The Morgan fingerprint density at radius 3 is 2.93 bits per heavy atom. The number of nitrogens with two attached hydrogens (primary N) is 1. The minimum absolute atomic E-state index is 0.290. The Morgan fingerprint density at radius 2 is 2.20 bits per heavy atom. The molecule has 3 nitrogen and oxygen atoms in total. The molecular weight excluding hydrogens is 186 g/mol. The molecule has 0 radical (unpaired) electrons. The number of aromatic nitrogens is 2. The Bertz CT molecular complexity index is 324. The first-order chi connectivity index (χ1) is 7.31. The minimum Gasteiger partial charge on any atom is -0.327 e. The lowest BCUT2D eigenvalue weighted by atomic mass is 9.83. The van der Waals surface area contributed by atoms with Crippen molar-refractivity contribution in [3.63, 3.8) is 0 Å². The Kier molecular flexibility index (Phi) is 3.31. The summed E-state index contributed by atoms with van der Waals surface area (Å²) < 4.78 is 0. The lowest BCUT2D eigenvalue weighted by Gasteiger charge is -2.28. The van der Waals surface area contributed by atoms with Crippen molar-refractivity contribution in [1.82, 2.24) is 9.97 Å². The normalized spacial score (nSPS) is 26.5. The summed E-state index contributed by atoms with van der Waals surface area (Å²) in [4.78, 5) is 8.80. The quantitative estimate of drug-likeness (QED) is 0.803. The standard InChI is InChI=1S/C12H19N3/c1-2-12-14-8-7-11(15-12)9-5-3-4-6-10(9)13/h7-10H,2-6,13H2,1H3. The lowest BCUT2D eigenvalue weighted by Crippen LogP contribution is -2.32. The van der Waals surface area contributed by atoms with Gasteiger partial charge in [-0.2, -0.15) is 0 Å². The summed E-state index contributed by atoms with van der Waals surface area (Å²) in [7, 11) is 0. The van der Waals surface area contributed by atoms with Crippen molar-refractivity contribution in [2.75, 3.05) is 0 Å². The van der Waals surface area contributed by atoms with Gasteiger partial charge >= 0.3 is 0 Å². The summed E-state index contributed by atoms with van der Waals surface area (Å²) in [5, 5.41) is 0. The lowest BCUT2D eigenvalue weighted by molar-refractivity contribution is 0.378. The number of rotatable bonds is 2. The first-order valence-electron chi connectivity index (χ1n) is 5.88. The smallest absolute Gasteiger partial charge is 0.128 e. The number of hydrogen-bond donors (Lipinski definition) is 1. The number of nitrogens with zero attached hydrogens (tertiary/aromatic N) is 2. The molecule has 1 fully saturated rings. The maximum absolute atomic E-state index is 6.14. The molecule has 0 bridgehead atoms. The molecule has 1 aromatic rings. The van der Waals surface area contributed by atoms with Crippen LogP contribution in [0.1, 0.15) is 50.0 Å². The average Bonchev–Trinajstić information content (AvgIpc) is 2.30. The van der Waals surface area contributed by atoms with Crippen LogP contribution in [-0.2, 0) is 6.42 Å². The van der Waals surface area contributed by atoms with E-state index in [-0.39, 0.29) is 0 Å². The van der Waals surface area contributed by atoms with E-state index in [0.717, 1.165) is 24.4 Å². The number of aryl methyl sites for hydroxylation is 1. The van der Waals surface area contributed by atoms with E-state index in [9.17, 15) is 0 Å². The molecule has 0 aromatic carbocycles. The molecule has 15 heavy (non-hydrogen) atoms. The van der Waals surface area contributed by atoms with Crippen molar-refractivity contribution in [3.05, 3.63) is 23.8 Å². The second kappa shape index (κ2) is 4.71. The Labute approximate surface area is 91.1 Å². The first-order valence-corrected chi connectivity index (χ1v) is 5.88. The van der Waals surface area contributed by atoms with E-state index < -0.39 is 0 Å². The third kappa shape index (κ3) is 2.34. The molecule has 1 aliphatic carbocycles. The van der Waals surface area contributed by atoms with Crippen molar-refractivity contribution < 1.29 is 0 Å². The van der Waals surface area contributed by atoms with Crippen LogP contribution >= 0.6 is 0 Å². The van der Waals surface area contributed by atoms with Gasteiger partial charge in [-0.05, 0) is 18.9 Å². The van der Waals surface area contributed by atoms with Crippen molar-refractivity contribution >= 4 is 0 Å². The van der Waals surface area contributed by atoms with Crippen molar-refractivity contribution in [1.29, 1.82) is 0 Å². The van der Waals surface area contributed by atoms with Crippen LogP contribution in [0.2, 0.25) is 0 Å². The highest BCUT2D eigenvalue weighted by Crippen LogP contribution is 2.30. The predicted molar refractivity (Wildman–Crippen MR) is 60.6 cm³/mol. The highest BCUT2D eigenvalue weighted by Gasteiger charge is 2.24. The summed E-state index contributed by atoms with van der Waals surface area (Å²) in [5.41, 5.74) is 7.29. The van der Waals surface area contributed by atoms with Gasteiger partial charge in [0.25, 0.3) is 0 Å². The largest absolute Gasteiger partial charge is 0.327 e. The van der Waals surface area contributed by atoms with E-state index in [2.05, 4.69) is 16.9 Å². The average molecular weight is 205 g/mol. The summed E-state index contributed by atoms with van der Waals surface area (Å²) in [6, 6.07) is 2.31. The zero-order valence-electron chi connectivity index (χ0n) is 9.32. The summed E-state index contributed by atoms with van der Waals surface area (Å²) in [6.45, 7) is 2.08. The fraction of sp³-hybridized carbons (Fsp3) is 0.667. The first kappa shape index (κ1) is 10.6. The fourth-order valence-corrected chi connectivity index (χ4v) is 2.32. The van der Waals surface area contributed by atoms with Gasteiger partial charge in [0.05, 0.1) is 0 Å². The molecule has 0 saturated heterocycles. The Balaban J connectivity index is 2.19. The molecule has 2 unspecified atom stereocenters. The van der Waals surface area contributed by atoms with Gasteiger partial charge in [0.15, 0.2) is 0 Å². The van der Waals surface area contributed by atoms with Crippen LogP contribution in [0.15, 0.2) is 12.3 Å². The molecule has 2 rings (SSSR count). The topological polar surface area (TPSA) is 51.8 Å². The second-order valence-electron chi connectivity index (χ2n) is 4.31. The third-order valence-electron chi connectivity index (χ3n) is 3.24. The van der Waals surface area contributed by atoms with E-state index in [1.54, 1.807) is 0 Å². The number of hydrogen-bond acceptors (Lipinski definition) is 3. The summed E-state index contributed by atoms with van der Waals surface area (Å²) in [6.07, 6.45) is 7.63. The molecule has 1 heterocycles. The summed E-state index contributed by atoms with van der Waals surface area (Å²) in [5.74, 6) is 1.39. The molecule has 0 spiro atoms. The van der Waals surface area contributed by atoms with Crippen LogP contribution in [0.5, 0.6) is 0 Å². The van der Waals surface area contributed by atoms with Crippen LogP contribution in [0.3, 0.4) is 0 Å². The maximum atomic E-state index is 6.14. The van der Waals surface area contributed by atoms with Crippen LogP contribution in [0, 0.1) is 0 Å². The van der Waals surface area contributed by atoms with Crippen LogP contribution in [-0.4, -0.2) is 16.0 Å². The van der Waals surface area contributed by atoms with Gasteiger partial charge in [-0.15, -0.1) is 0 Å². The third-order valence-corrected chi connectivity index (χ3v) is 3.24. The molecular formula is C12H19N3. The fourth-order valence-electron chi connectivity index (χ4n) is 2.32. The van der Waals surface area contributed by atoms with Gasteiger partial charge in [-0.3, -0.25) is 0 Å². The summed E-state index contributed by atoms with van der Waals surface area (Å²) >= 11 is 0. The van der Waals surface area contributed by atoms with Gasteiger partial charge in [0, 0.05) is 30.3 Å². The molecule has 3 heteroatoms. The van der Waals surface area contributed by atoms with Gasteiger partial charge in [-0.25, -0.2) is 9.97 Å². The maximum Gasteiger partial charge on any atom is 0.128 e. The van der Waals surface area contributed by atoms with Crippen molar-refractivity contribution in [2.24, 2.45) is 5.73 Å². The van der Waals surface area contributed by atoms with Gasteiger partial charge in [0.1, 0.15) is 5.82 Å². The van der Waals surface area contributed by atoms with Crippen LogP contribution in [0.4, 0.5) is 0 Å². The van der Waals surface area contributed by atoms with E-state index >= 15 is 0 Å². The molecule has 82 valence electrons. The molecule has 1 saturated carbocycles. The Hall–Kier alpha value is -0.960. The van der Waals surface area contributed by atoms with E-state index in [1.807, 2.05) is 12.3 Å². The molecule has 2 N–H and O–H groups in total. The van der Waals surface area contributed by atoms with Crippen molar-refractivity contribution in [2.45, 2.75) is 51.0 Å². The minimum atomic E-state index is 0.290. The van der Waals surface area contributed by atoms with E-state index in [4.69, 9.17) is 5.73 Å². The van der Waals surface area contributed by atoms with E-state index in [0.29, 0.717) is 12.0 Å². The molecule has 1 aromatic heterocycles. The van der Waals surface area contributed by atoms with Gasteiger partial charge in [-0.1, -0.05) is 19.8 Å². The van der Waals surface area contributed by atoms with Crippen LogP contribution in [0.25, 0.3) is 0 Å². The highest BCUT2D eigenvalue weighted by atomic mass is 14.9. The SMILES string of the molecule is CCc1nccc(C2CCCCC2N)n1. The highest BCUT2D eigenvalue weighted by molar-refractivity contribution is 5.12. The zero-order chi connectivity index (χ0) is 10.7. The van der Waals surface area contributed by atoms with Crippen molar-refractivity contribution in [3.8, 4) is 0 Å². The zero-order valence-corrected chi connectivity index (χ0v) is 9.32. The van der Waals surface area contributed by atoms with Crippen LogP contribution < -0.4 is 5.73 Å². The predicted octanol–water partition coefficient (Wildman–Crippen LogP) is 2.02. The second-order valence-corrected chi connectivity index (χ2v) is 4.31. The molecule has 0 aliphatic heterocycles. The van der Waals surface area contributed by atoms with E-state index in [1.165, 1.54) is 19.3 Å². The molecule has 1 aliphatic rings. The monoisotopic (exact) mass is 205 g/mol. The molecule has 2 atom stereocenters. The molecule has 0 amide bonds.